The molecule has 3 N–H and O–H groups in total. The molecule has 0 radical (unpaired) electrons. The average molecular weight is 362 g/mol. The summed E-state index contributed by atoms with van der Waals surface area (Å²) in [4.78, 5) is 11.5. The minimum Gasteiger partial charge on any atom is -0.444 e. The Balaban J connectivity index is 2.46. The second-order valence-electron chi connectivity index (χ2n) is 5.04. The van der Waals surface area contributed by atoms with E-state index in [0.29, 0.717) is 6.54 Å². The Morgan fingerprint density at radius 1 is 1.50 bits per heavy atom. The van der Waals surface area contributed by atoms with Crippen molar-refractivity contribution in [2.75, 3.05) is 6.54 Å². The van der Waals surface area contributed by atoms with Crippen molar-refractivity contribution in [3.63, 3.8) is 0 Å². The first-order valence-corrected chi connectivity index (χ1v) is 6.84. The number of hydrogen-bond acceptors (Lipinski definition) is 3. The number of nitrogens with two attached hydrogens (primary N) is 1. The molecule has 1 unspecified atom stereocenters. The highest BCUT2D eigenvalue weighted by Gasteiger charge is 2.16. The van der Waals surface area contributed by atoms with Crippen LogP contribution in [0.1, 0.15) is 32.4 Å². The quantitative estimate of drug-likeness (QED) is 0.813. The molecule has 0 bridgehead atoms. The molecule has 100 valence electrons. The normalized spacial score (nSPS) is 12.9. The molecular formula is C13H19IN2O2. The van der Waals surface area contributed by atoms with Crippen LogP contribution in [0.2, 0.25) is 0 Å². The first kappa shape index (κ1) is 15.2. The molecule has 0 heterocycles. The number of carbonyl (C=O) groups excluding carboxylic acids is 1. The molecule has 1 atom stereocenters. The zero-order valence-electron chi connectivity index (χ0n) is 10.9. The van der Waals surface area contributed by atoms with Crippen molar-refractivity contribution in [1.29, 1.82) is 0 Å². The molecule has 0 aliphatic heterocycles. The topological polar surface area (TPSA) is 64.3 Å². The van der Waals surface area contributed by atoms with Gasteiger partial charge in [0, 0.05) is 16.2 Å². The van der Waals surface area contributed by atoms with Gasteiger partial charge in [0.1, 0.15) is 5.60 Å². The SMILES string of the molecule is CC(C)(C)OC(=O)NCC(N)c1cccc(I)c1. The number of carbonyl (C=O) groups is 1. The fourth-order valence-corrected chi connectivity index (χ4v) is 1.93. The Morgan fingerprint density at radius 3 is 2.72 bits per heavy atom. The molecular weight excluding hydrogens is 343 g/mol. The van der Waals surface area contributed by atoms with Crippen LogP contribution in [0.4, 0.5) is 4.79 Å². The van der Waals surface area contributed by atoms with E-state index in [9.17, 15) is 4.79 Å². The van der Waals surface area contributed by atoms with Gasteiger partial charge in [-0.15, -0.1) is 0 Å². The molecule has 4 nitrogen and oxygen atoms in total. The van der Waals surface area contributed by atoms with Gasteiger partial charge >= 0.3 is 6.09 Å². The van der Waals surface area contributed by atoms with Gasteiger partial charge in [-0.2, -0.15) is 0 Å². The lowest BCUT2D eigenvalue weighted by atomic mass is 10.1. The molecule has 1 rings (SSSR count). The van der Waals surface area contributed by atoms with Crippen LogP contribution in [0.3, 0.4) is 0 Å². The fraction of sp³-hybridized carbons (Fsp3) is 0.462. The van der Waals surface area contributed by atoms with Gasteiger partial charge in [-0.3, -0.25) is 0 Å². The van der Waals surface area contributed by atoms with Crippen molar-refractivity contribution < 1.29 is 9.53 Å². The Hall–Kier alpha value is -0.820. The van der Waals surface area contributed by atoms with Gasteiger partial charge in [-0.05, 0) is 61.1 Å². The van der Waals surface area contributed by atoms with Gasteiger partial charge in [0.05, 0.1) is 0 Å². The number of rotatable bonds is 3. The summed E-state index contributed by atoms with van der Waals surface area (Å²) in [6.07, 6.45) is -0.441. The number of ether oxygens (including phenoxy) is 1. The monoisotopic (exact) mass is 362 g/mol. The van der Waals surface area contributed by atoms with Gasteiger partial charge in [-0.1, -0.05) is 12.1 Å². The lowest BCUT2D eigenvalue weighted by Crippen LogP contribution is -2.36. The van der Waals surface area contributed by atoms with Crippen LogP contribution >= 0.6 is 22.6 Å². The van der Waals surface area contributed by atoms with Gasteiger partial charge < -0.3 is 15.8 Å². The number of benzene rings is 1. The van der Waals surface area contributed by atoms with Gasteiger partial charge in [0.15, 0.2) is 0 Å². The summed E-state index contributed by atoms with van der Waals surface area (Å²) in [6, 6.07) is 7.67. The summed E-state index contributed by atoms with van der Waals surface area (Å²) < 4.78 is 6.26. The van der Waals surface area contributed by atoms with Crippen LogP contribution in [0.15, 0.2) is 24.3 Å². The molecule has 5 heteroatoms. The number of halogens is 1. The number of nitrogens with one attached hydrogen (secondary N) is 1. The number of amides is 1. The highest BCUT2D eigenvalue weighted by molar-refractivity contribution is 14.1. The van der Waals surface area contributed by atoms with Crippen molar-refractivity contribution in [3.8, 4) is 0 Å². The smallest absolute Gasteiger partial charge is 0.407 e. The Kier molecular flexibility index (Phi) is 5.40. The Bertz CT molecular complexity index is 416. The number of alkyl carbamates (subject to hydrolysis) is 1. The van der Waals surface area contributed by atoms with Crippen molar-refractivity contribution >= 4 is 28.7 Å². The second-order valence-corrected chi connectivity index (χ2v) is 6.29. The summed E-state index contributed by atoms with van der Waals surface area (Å²) in [7, 11) is 0. The van der Waals surface area contributed by atoms with Gasteiger partial charge in [-0.25, -0.2) is 4.79 Å². The van der Waals surface area contributed by atoms with Crippen molar-refractivity contribution in [1.82, 2.24) is 5.32 Å². The first-order valence-electron chi connectivity index (χ1n) is 5.76. The molecule has 0 aliphatic rings. The van der Waals surface area contributed by atoms with Gasteiger partial charge in [0.2, 0.25) is 0 Å². The highest BCUT2D eigenvalue weighted by Crippen LogP contribution is 2.13. The summed E-state index contributed by atoms with van der Waals surface area (Å²) in [5.41, 5.74) is 6.51. The minimum atomic E-state index is -0.490. The molecule has 1 aromatic rings. The van der Waals surface area contributed by atoms with E-state index in [2.05, 4.69) is 27.9 Å². The molecule has 1 aromatic carbocycles. The standard InChI is InChI=1S/C13H19IN2O2/c1-13(2,3)18-12(17)16-8-11(15)9-5-4-6-10(14)7-9/h4-7,11H,8,15H2,1-3H3,(H,16,17). The lowest BCUT2D eigenvalue weighted by molar-refractivity contribution is 0.0524. The zero-order valence-corrected chi connectivity index (χ0v) is 13.0. The largest absolute Gasteiger partial charge is 0.444 e. The molecule has 1 amide bonds. The molecule has 0 saturated heterocycles. The Morgan fingerprint density at radius 2 is 2.17 bits per heavy atom. The van der Waals surface area contributed by atoms with Crippen LogP contribution in [0.25, 0.3) is 0 Å². The lowest BCUT2D eigenvalue weighted by Gasteiger charge is -2.21. The zero-order chi connectivity index (χ0) is 13.8. The summed E-state index contributed by atoms with van der Waals surface area (Å²) in [5, 5.41) is 2.67. The second kappa shape index (κ2) is 6.38. The summed E-state index contributed by atoms with van der Waals surface area (Å²) in [5.74, 6) is 0. The Labute approximate surface area is 121 Å². The van der Waals surface area contributed by atoms with Crippen molar-refractivity contribution in [2.45, 2.75) is 32.4 Å². The maximum atomic E-state index is 11.5. The molecule has 18 heavy (non-hydrogen) atoms. The van der Waals surface area contributed by atoms with E-state index in [1.807, 2.05) is 45.0 Å². The molecule has 0 aliphatic carbocycles. The molecule has 0 spiro atoms. The molecule has 0 aromatic heterocycles. The summed E-state index contributed by atoms with van der Waals surface area (Å²) >= 11 is 2.23. The highest BCUT2D eigenvalue weighted by atomic mass is 127. The van der Waals surface area contributed by atoms with Gasteiger partial charge in [0.25, 0.3) is 0 Å². The van der Waals surface area contributed by atoms with Crippen LogP contribution in [0, 0.1) is 3.57 Å². The first-order chi connectivity index (χ1) is 8.28. The fourth-order valence-electron chi connectivity index (χ4n) is 1.36. The van der Waals surface area contributed by atoms with Crippen LogP contribution in [-0.2, 0) is 4.74 Å². The van der Waals surface area contributed by atoms with E-state index in [-0.39, 0.29) is 6.04 Å². The number of hydrogen-bond donors (Lipinski definition) is 2. The van der Waals surface area contributed by atoms with Crippen LogP contribution in [0.5, 0.6) is 0 Å². The predicted octanol–water partition coefficient (Wildman–Crippen LogP) is 2.82. The van der Waals surface area contributed by atoms with E-state index in [1.165, 1.54) is 0 Å². The van der Waals surface area contributed by atoms with E-state index >= 15 is 0 Å². The van der Waals surface area contributed by atoms with E-state index in [1.54, 1.807) is 0 Å². The van der Waals surface area contributed by atoms with E-state index in [4.69, 9.17) is 10.5 Å². The van der Waals surface area contributed by atoms with E-state index in [0.717, 1.165) is 9.13 Å². The molecule has 0 fully saturated rings. The minimum absolute atomic E-state index is 0.229. The van der Waals surface area contributed by atoms with Crippen LogP contribution < -0.4 is 11.1 Å². The third-order valence-electron chi connectivity index (χ3n) is 2.14. The predicted molar refractivity (Wildman–Crippen MR) is 80.3 cm³/mol. The third kappa shape index (κ3) is 5.68. The van der Waals surface area contributed by atoms with Crippen molar-refractivity contribution in [2.24, 2.45) is 5.73 Å². The van der Waals surface area contributed by atoms with E-state index < -0.39 is 11.7 Å². The summed E-state index contributed by atoms with van der Waals surface area (Å²) in [6.45, 7) is 5.83. The maximum Gasteiger partial charge on any atom is 0.407 e. The maximum absolute atomic E-state index is 11.5. The van der Waals surface area contributed by atoms with Crippen LogP contribution in [-0.4, -0.2) is 18.2 Å². The molecule has 0 saturated carbocycles. The third-order valence-corrected chi connectivity index (χ3v) is 2.81. The van der Waals surface area contributed by atoms with Crippen molar-refractivity contribution in [3.05, 3.63) is 33.4 Å². The average Bonchev–Trinajstić information content (AvgIpc) is 2.23.